The predicted molar refractivity (Wildman–Crippen MR) is 65.4 cm³/mol. The van der Waals surface area contributed by atoms with E-state index < -0.39 is 18.0 Å². The molecule has 1 rings (SSSR count). The van der Waals surface area contributed by atoms with Crippen molar-refractivity contribution in [1.29, 1.82) is 0 Å². The minimum absolute atomic E-state index is 0.0845. The van der Waals surface area contributed by atoms with Crippen LogP contribution >= 0.6 is 11.6 Å². The molecule has 0 aliphatic rings. The summed E-state index contributed by atoms with van der Waals surface area (Å²) in [5.41, 5.74) is -0.00264. The maximum absolute atomic E-state index is 12.9. The molecular weight excluding hydrogens is 307 g/mol. The normalized spacial score (nSPS) is 12.2. The molecule has 0 saturated heterocycles. The Labute approximate surface area is 116 Å². The lowest BCUT2D eigenvalue weighted by atomic mass is 10.2. The van der Waals surface area contributed by atoms with Crippen molar-refractivity contribution in [3.8, 4) is 0 Å². The molecule has 0 aliphatic carbocycles. The number of nitrogens with zero attached hydrogens (tertiary/aromatic N) is 1. The Balaban J connectivity index is 3.11. The number of anilines is 2. The number of benzene rings is 1. The first kappa shape index (κ1) is 16.5. The number of amides is 1. The molecule has 0 fully saturated rings. The summed E-state index contributed by atoms with van der Waals surface area (Å²) in [4.78, 5) is 12.6. The molecule has 0 aliphatic heterocycles. The number of rotatable bonds is 3. The second kappa shape index (κ2) is 5.43. The van der Waals surface area contributed by atoms with E-state index in [1.165, 1.54) is 31.1 Å². The first-order valence-corrected chi connectivity index (χ1v) is 5.57. The summed E-state index contributed by atoms with van der Waals surface area (Å²) in [7, 11) is 3.06. The van der Waals surface area contributed by atoms with Gasteiger partial charge in [-0.3, -0.25) is 4.79 Å². The summed E-state index contributed by atoms with van der Waals surface area (Å²) in [5.74, 6) is -7.95. The highest BCUT2D eigenvalue weighted by atomic mass is 35.5. The van der Waals surface area contributed by atoms with Gasteiger partial charge in [-0.25, -0.2) is 0 Å². The van der Waals surface area contributed by atoms with Gasteiger partial charge in [-0.15, -0.1) is 0 Å². The predicted octanol–water partition coefficient (Wildman–Crippen LogP) is 3.54. The van der Waals surface area contributed by atoms with Crippen LogP contribution in [0.1, 0.15) is 0 Å². The number of hydrogen-bond donors (Lipinski definition) is 1. The van der Waals surface area contributed by atoms with Crippen molar-refractivity contribution in [2.45, 2.75) is 12.1 Å². The van der Waals surface area contributed by atoms with Gasteiger partial charge < -0.3 is 10.2 Å². The maximum atomic E-state index is 12.9. The van der Waals surface area contributed by atoms with Crippen LogP contribution in [0.3, 0.4) is 0 Å². The van der Waals surface area contributed by atoms with Gasteiger partial charge in [0.2, 0.25) is 0 Å². The van der Waals surface area contributed by atoms with E-state index in [4.69, 9.17) is 11.6 Å². The van der Waals surface area contributed by atoms with E-state index in [9.17, 15) is 26.7 Å². The fraction of sp³-hybridized carbons (Fsp3) is 0.364. The van der Waals surface area contributed by atoms with Gasteiger partial charge in [0.1, 0.15) is 0 Å². The van der Waals surface area contributed by atoms with Crippen LogP contribution in [-0.2, 0) is 4.79 Å². The number of halogens is 6. The van der Waals surface area contributed by atoms with Gasteiger partial charge in [-0.2, -0.15) is 22.0 Å². The van der Waals surface area contributed by atoms with Gasteiger partial charge in [-0.1, -0.05) is 11.6 Å². The third-order valence-electron chi connectivity index (χ3n) is 2.33. The molecule has 9 heteroatoms. The Morgan fingerprint density at radius 3 is 2.20 bits per heavy atom. The number of carbonyl (C=O) groups excluding carboxylic acids is 1. The molecule has 0 saturated carbocycles. The lowest BCUT2D eigenvalue weighted by Gasteiger charge is -2.22. The topological polar surface area (TPSA) is 32.3 Å². The van der Waals surface area contributed by atoms with Crippen LogP contribution in [-0.4, -0.2) is 32.1 Å². The zero-order chi connectivity index (χ0) is 15.7. The first-order valence-electron chi connectivity index (χ1n) is 5.19. The lowest BCUT2D eigenvalue weighted by Crippen LogP contribution is -2.47. The van der Waals surface area contributed by atoms with Crippen molar-refractivity contribution < 1.29 is 26.7 Å². The van der Waals surface area contributed by atoms with E-state index in [-0.39, 0.29) is 16.4 Å². The number of carbonyl (C=O) groups is 1. The molecule has 0 aromatic heterocycles. The number of nitrogens with one attached hydrogen (secondary N) is 1. The van der Waals surface area contributed by atoms with Crippen LogP contribution in [0.25, 0.3) is 0 Å². The van der Waals surface area contributed by atoms with Crippen molar-refractivity contribution in [3.63, 3.8) is 0 Å². The molecule has 3 nitrogen and oxygen atoms in total. The minimum atomic E-state index is -5.96. The Hall–Kier alpha value is -1.57. The Bertz CT molecular complexity index is 516. The summed E-state index contributed by atoms with van der Waals surface area (Å²) >= 11 is 5.63. The van der Waals surface area contributed by atoms with Gasteiger partial charge in [0.25, 0.3) is 0 Å². The first-order chi connectivity index (χ1) is 8.96. The lowest BCUT2D eigenvalue weighted by molar-refractivity contribution is -0.267. The summed E-state index contributed by atoms with van der Waals surface area (Å²) in [6, 6.07) is 3.87. The molecule has 1 aromatic rings. The largest absolute Gasteiger partial charge is 0.463 e. The molecule has 1 amide bonds. The van der Waals surface area contributed by atoms with E-state index in [1.807, 2.05) is 0 Å². The Morgan fingerprint density at radius 2 is 1.75 bits per heavy atom. The van der Waals surface area contributed by atoms with Crippen LogP contribution in [0.5, 0.6) is 0 Å². The Morgan fingerprint density at radius 1 is 1.20 bits per heavy atom. The van der Waals surface area contributed by atoms with Crippen molar-refractivity contribution in [2.24, 2.45) is 0 Å². The van der Waals surface area contributed by atoms with Gasteiger partial charge in [0.05, 0.1) is 11.4 Å². The zero-order valence-corrected chi connectivity index (χ0v) is 11.1. The van der Waals surface area contributed by atoms with Crippen LogP contribution in [0.15, 0.2) is 18.2 Å². The van der Waals surface area contributed by atoms with Gasteiger partial charge in [0.15, 0.2) is 0 Å². The molecule has 1 aromatic carbocycles. The molecule has 0 atom stereocenters. The number of alkyl halides is 5. The average Bonchev–Trinajstić information content (AvgIpc) is 2.26. The van der Waals surface area contributed by atoms with E-state index in [1.54, 1.807) is 5.32 Å². The van der Waals surface area contributed by atoms with Crippen LogP contribution < -0.4 is 10.2 Å². The molecule has 0 bridgehead atoms. The molecule has 0 heterocycles. The monoisotopic (exact) mass is 316 g/mol. The summed E-state index contributed by atoms with van der Waals surface area (Å²) in [6.07, 6.45) is -5.96. The zero-order valence-electron chi connectivity index (χ0n) is 10.4. The fourth-order valence-corrected chi connectivity index (χ4v) is 1.50. The summed E-state index contributed by atoms with van der Waals surface area (Å²) in [6.45, 7) is 0. The highest BCUT2D eigenvalue weighted by Gasteiger charge is 2.63. The van der Waals surface area contributed by atoms with E-state index >= 15 is 0 Å². The molecule has 0 unspecified atom stereocenters. The third-order valence-corrected chi connectivity index (χ3v) is 2.56. The highest BCUT2D eigenvalue weighted by molar-refractivity contribution is 6.31. The summed E-state index contributed by atoms with van der Waals surface area (Å²) < 4.78 is 62.0. The van der Waals surface area contributed by atoms with E-state index in [0.717, 1.165) is 6.07 Å². The standard InChI is InChI=1S/C11H10ClF5N2O/c1-19(2)8-4-3-6(12)5-7(8)18-9(20)10(13,14)11(15,16)17/h3-5H,1-2H3,(H,18,20). The molecule has 0 radical (unpaired) electrons. The molecule has 1 N–H and O–H groups in total. The van der Waals surface area contributed by atoms with Crippen LogP contribution in [0.4, 0.5) is 33.3 Å². The average molecular weight is 317 g/mol. The van der Waals surface area contributed by atoms with Gasteiger partial charge in [0, 0.05) is 19.1 Å². The van der Waals surface area contributed by atoms with Crippen molar-refractivity contribution in [3.05, 3.63) is 23.2 Å². The van der Waals surface area contributed by atoms with Gasteiger partial charge in [-0.05, 0) is 18.2 Å². The van der Waals surface area contributed by atoms with E-state index in [0.29, 0.717) is 0 Å². The van der Waals surface area contributed by atoms with Crippen LogP contribution in [0.2, 0.25) is 5.02 Å². The van der Waals surface area contributed by atoms with Crippen molar-refractivity contribution in [2.75, 3.05) is 24.3 Å². The fourth-order valence-electron chi connectivity index (χ4n) is 1.33. The van der Waals surface area contributed by atoms with Crippen LogP contribution in [0, 0.1) is 0 Å². The maximum Gasteiger partial charge on any atom is 0.463 e. The van der Waals surface area contributed by atoms with E-state index in [2.05, 4.69) is 0 Å². The molecule has 0 spiro atoms. The molecular formula is C11H10ClF5N2O. The Kier molecular flexibility index (Phi) is 4.48. The molecule has 112 valence electrons. The van der Waals surface area contributed by atoms with Gasteiger partial charge >= 0.3 is 18.0 Å². The third kappa shape index (κ3) is 3.30. The smallest absolute Gasteiger partial charge is 0.376 e. The minimum Gasteiger partial charge on any atom is -0.376 e. The summed E-state index contributed by atoms with van der Waals surface area (Å²) in [5, 5.41) is 1.63. The van der Waals surface area contributed by atoms with Crippen molar-refractivity contribution in [1.82, 2.24) is 0 Å². The second-order valence-corrected chi connectivity index (χ2v) is 4.52. The molecule has 20 heavy (non-hydrogen) atoms. The second-order valence-electron chi connectivity index (χ2n) is 4.08. The van der Waals surface area contributed by atoms with Crippen molar-refractivity contribution >= 4 is 28.9 Å². The number of hydrogen-bond acceptors (Lipinski definition) is 2. The quantitative estimate of drug-likeness (QED) is 0.865. The highest BCUT2D eigenvalue weighted by Crippen LogP contribution is 2.37. The SMILES string of the molecule is CN(C)c1ccc(Cl)cc1NC(=O)C(F)(F)C(F)(F)F.